The van der Waals surface area contributed by atoms with Gasteiger partial charge in [0.15, 0.2) is 0 Å². The largest absolute Gasteiger partial charge is 2.00 e. The van der Waals surface area contributed by atoms with Crippen LogP contribution in [0.3, 0.4) is 0 Å². The first kappa shape index (κ1) is 82.9. The van der Waals surface area contributed by atoms with Crippen molar-refractivity contribution in [3.8, 4) is 0 Å². The van der Waals surface area contributed by atoms with E-state index in [-0.39, 0.29) is 50.2 Å². The molecule has 0 aliphatic rings. The van der Waals surface area contributed by atoms with Crippen LogP contribution in [0.2, 0.25) is 0 Å². The van der Waals surface area contributed by atoms with Crippen LogP contribution in [0.1, 0.15) is 0 Å². The van der Waals surface area contributed by atoms with E-state index in [2.05, 4.69) is 0 Å². The van der Waals surface area contributed by atoms with Gasteiger partial charge in [-0.05, 0) is 0 Å². The number of rotatable bonds is 0. The van der Waals surface area contributed by atoms with Gasteiger partial charge >= 0.3 is 17.4 Å². The maximum Gasteiger partial charge on any atom is 2.00 e. The summed E-state index contributed by atoms with van der Waals surface area (Å²) in [6, 6.07) is 0. The van der Waals surface area contributed by atoms with Gasteiger partial charge in [0, 0.05) is 0 Å². The second-order valence-electron chi connectivity index (χ2n) is 0.378. The van der Waals surface area contributed by atoms with E-state index in [4.69, 9.17) is 18.6 Å². The first-order chi connectivity index (χ1) is 2.00. The Morgan fingerprint density at radius 1 is 0.500 bits per heavy atom. The van der Waals surface area contributed by atoms with Crippen LogP contribution in [0.5, 0.6) is 0 Å². The normalized spacial score (nSPS) is 5.00. The molecule has 12 N–H and O–H groups in total. The molecule has 0 saturated heterocycles. The van der Waals surface area contributed by atoms with Crippen molar-refractivity contribution in [3.05, 3.63) is 0 Å². The molecular weight excluding hydrogens is 247 g/mol. The summed E-state index contributed by atoms with van der Waals surface area (Å²) in [5.41, 5.74) is 0. The first-order valence-electron chi connectivity index (χ1n) is 0.617. The molecular formula is H12ClCrO10+. The number of hydrogen-bond donors (Lipinski definition) is 0. The molecule has 0 spiro atoms. The maximum absolute atomic E-state index is 8.49. The van der Waals surface area contributed by atoms with E-state index >= 15 is 0 Å². The zero-order valence-electron chi connectivity index (χ0n) is 5.42. The number of hydrogen-bond acceptors (Lipinski definition) is 4. The summed E-state index contributed by atoms with van der Waals surface area (Å²) in [5, 5.41) is 0. The molecule has 12 heteroatoms. The molecule has 0 radical (unpaired) electrons. The van der Waals surface area contributed by atoms with E-state index in [1.165, 1.54) is 0 Å². The first-order valence-corrected chi connectivity index (χ1v) is 1.85. The van der Waals surface area contributed by atoms with E-state index in [9.17, 15) is 0 Å². The molecule has 0 fully saturated rings. The Labute approximate surface area is 79.8 Å². The van der Waals surface area contributed by atoms with Gasteiger partial charge in [0.1, 0.15) is 0 Å². The standard InChI is InChI=1S/ClHO4.Cr.6H2O/c2-1(3,4)5;;;;;;;/h(H,2,3,4,5);;6*1H2/q;+2;;;;;;/p-1. The third-order valence-electron chi connectivity index (χ3n) is 0. The average molecular weight is 260 g/mol. The maximum atomic E-state index is 8.49. The molecule has 0 atom stereocenters. The fraction of sp³-hybridized carbons (Fsp3) is 0. The summed E-state index contributed by atoms with van der Waals surface area (Å²) in [7, 11) is -4.94. The van der Waals surface area contributed by atoms with Crippen molar-refractivity contribution in [2.45, 2.75) is 0 Å². The fourth-order valence-electron chi connectivity index (χ4n) is 0. The molecule has 0 amide bonds. The molecule has 0 aromatic heterocycles. The smallest absolute Gasteiger partial charge is 0.412 e. The van der Waals surface area contributed by atoms with Crippen LogP contribution in [0.4, 0.5) is 0 Å². The monoisotopic (exact) mass is 259 g/mol. The topological polar surface area (TPSA) is 281 Å². The molecule has 10 nitrogen and oxygen atoms in total. The minimum Gasteiger partial charge on any atom is -0.412 e. The molecule has 84 valence electrons. The van der Waals surface area contributed by atoms with Gasteiger partial charge in [0.25, 0.3) is 0 Å². The Hall–Kier alpha value is 0.422. The summed E-state index contributed by atoms with van der Waals surface area (Å²) >= 11 is 0. The van der Waals surface area contributed by atoms with Crippen LogP contribution in [0.25, 0.3) is 0 Å². The predicted octanol–water partition coefficient (Wildman–Crippen LogP) is -9.71. The Kier molecular flexibility index (Phi) is 208. The van der Waals surface area contributed by atoms with Gasteiger partial charge in [-0.3, -0.25) is 0 Å². The van der Waals surface area contributed by atoms with Crippen molar-refractivity contribution in [1.29, 1.82) is 0 Å². The molecule has 0 aromatic carbocycles. The third kappa shape index (κ3) is 5180. The quantitative estimate of drug-likeness (QED) is 0.409. The van der Waals surface area contributed by atoms with Crippen LogP contribution in [0.15, 0.2) is 0 Å². The average Bonchev–Trinajstić information content (AvgIpc) is 0.722. The minimum atomic E-state index is -4.94. The van der Waals surface area contributed by atoms with Gasteiger partial charge in [-0.2, -0.15) is 0 Å². The second kappa shape index (κ2) is 30.1. The zero-order chi connectivity index (χ0) is 4.50. The van der Waals surface area contributed by atoms with E-state index in [1.807, 2.05) is 0 Å². The van der Waals surface area contributed by atoms with E-state index in [0.29, 0.717) is 0 Å². The summed E-state index contributed by atoms with van der Waals surface area (Å²) in [6.07, 6.45) is 0. The Morgan fingerprint density at radius 2 is 0.500 bits per heavy atom. The second-order valence-corrected chi connectivity index (χ2v) is 1.13. The van der Waals surface area contributed by atoms with Crippen LogP contribution < -0.4 is 18.6 Å². The fourth-order valence-corrected chi connectivity index (χ4v) is 0. The van der Waals surface area contributed by atoms with Crippen molar-refractivity contribution in [1.82, 2.24) is 0 Å². The van der Waals surface area contributed by atoms with E-state index in [1.54, 1.807) is 0 Å². The molecule has 0 heterocycles. The summed E-state index contributed by atoms with van der Waals surface area (Å²) in [6.45, 7) is 0. The van der Waals surface area contributed by atoms with Crippen molar-refractivity contribution in [3.63, 3.8) is 0 Å². The van der Waals surface area contributed by atoms with Gasteiger partial charge in [-0.1, -0.05) is 0 Å². The van der Waals surface area contributed by atoms with Crippen molar-refractivity contribution in [2.24, 2.45) is 0 Å². The van der Waals surface area contributed by atoms with Gasteiger partial charge in [0.2, 0.25) is 0 Å². The molecule has 12 heavy (non-hydrogen) atoms. The minimum absolute atomic E-state index is 0. The van der Waals surface area contributed by atoms with Gasteiger partial charge in [-0.25, -0.2) is 18.6 Å². The molecule has 0 bridgehead atoms. The summed E-state index contributed by atoms with van der Waals surface area (Å²) in [4.78, 5) is 0. The van der Waals surface area contributed by atoms with Crippen LogP contribution in [-0.2, 0) is 17.4 Å². The zero-order valence-corrected chi connectivity index (χ0v) is 7.45. The SMILES string of the molecule is O.O.O.O.O.O.[Cr+2].[O-][Cl+3]([O-])([O-])[O-]. The Balaban J connectivity index is -0.00000000381. The van der Waals surface area contributed by atoms with Crippen LogP contribution in [0, 0.1) is 10.2 Å². The molecule has 0 saturated carbocycles. The predicted molar refractivity (Wildman–Crippen MR) is 21.7 cm³/mol. The van der Waals surface area contributed by atoms with Gasteiger partial charge < -0.3 is 32.9 Å². The van der Waals surface area contributed by atoms with Crippen molar-refractivity contribution in [2.75, 3.05) is 0 Å². The molecule has 0 aromatic rings. The summed E-state index contributed by atoms with van der Waals surface area (Å²) < 4.78 is 34.0. The molecule has 0 aliphatic heterocycles. The summed E-state index contributed by atoms with van der Waals surface area (Å²) in [5.74, 6) is 0. The molecule has 0 unspecified atom stereocenters. The van der Waals surface area contributed by atoms with Gasteiger partial charge in [0.05, 0.1) is 0 Å². The molecule has 0 rings (SSSR count). The Bertz CT molecular complexity index is 25.3. The van der Waals surface area contributed by atoms with Crippen molar-refractivity contribution < 1.29 is 79.1 Å². The third-order valence-corrected chi connectivity index (χ3v) is 0. The van der Waals surface area contributed by atoms with E-state index in [0.717, 1.165) is 0 Å². The van der Waals surface area contributed by atoms with Crippen LogP contribution >= 0.6 is 0 Å². The Morgan fingerprint density at radius 3 is 0.500 bits per heavy atom. The van der Waals surface area contributed by atoms with Gasteiger partial charge in [-0.15, -0.1) is 10.2 Å². The van der Waals surface area contributed by atoms with Crippen LogP contribution in [-0.4, -0.2) is 32.9 Å². The number of halogens is 1. The van der Waals surface area contributed by atoms with E-state index < -0.39 is 10.2 Å². The van der Waals surface area contributed by atoms with Crippen molar-refractivity contribution >= 4 is 0 Å². The molecule has 0 aliphatic carbocycles.